The molecule has 0 saturated heterocycles. The van der Waals surface area contributed by atoms with Crippen LogP contribution in [0.3, 0.4) is 0 Å². The maximum Gasteiger partial charge on any atom is 0.333 e. The molecule has 0 spiro atoms. The van der Waals surface area contributed by atoms with E-state index in [2.05, 4.69) is 0 Å². The van der Waals surface area contributed by atoms with Crippen molar-refractivity contribution in [1.82, 2.24) is 4.90 Å². The van der Waals surface area contributed by atoms with Crippen LogP contribution in [0.15, 0.2) is 60.2 Å². The molecule has 6 heteroatoms. The van der Waals surface area contributed by atoms with E-state index in [1.165, 1.54) is 0 Å². The van der Waals surface area contributed by atoms with Gasteiger partial charge in [-0.2, -0.15) is 0 Å². The van der Waals surface area contributed by atoms with Crippen LogP contribution in [0.5, 0.6) is 5.75 Å². The number of hydrogen-bond donors (Lipinski definition) is 2. The highest BCUT2D eigenvalue weighted by Gasteiger charge is 2.46. The molecular weight excluding hydrogens is 370 g/mol. The monoisotopic (exact) mass is 395 g/mol. The highest BCUT2D eigenvalue weighted by molar-refractivity contribution is 5.95. The fourth-order valence-corrected chi connectivity index (χ4v) is 4.21. The number of carboxylic acids is 2. The summed E-state index contributed by atoms with van der Waals surface area (Å²) >= 11 is 0. The Bertz CT molecular complexity index is 965. The van der Waals surface area contributed by atoms with Gasteiger partial charge in [-0.05, 0) is 44.6 Å². The number of hydrogen-bond acceptors (Lipinski definition) is 4. The van der Waals surface area contributed by atoms with Gasteiger partial charge in [0.2, 0.25) is 0 Å². The smallest absolute Gasteiger partial charge is 0.333 e. The van der Waals surface area contributed by atoms with Gasteiger partial charge in [0.05, 0.1) is 11.0 Å². The Hall–Kier alpha value is -3.12. The third-order valence-corrected chi connectivity index (χ3v) is 5.59. The van der Waals surface area contributed by atoms with Crippen molar-refractivity contribution in [1.29, 1.82) is 0 Å². The Morgan fingerprint density at radius 3 is 2.31 bits per heavy atom. The average Bonchev–Trinajstić information content (AvgIpc) is 3.04. The molecule has 1 heterocycles. The molecular formula is C23H25NO5. The van der Waals surface area contributed by atoms with E-state index in [0.29, 0.717) is 13.0 Å². The van der Waals surface area contributed by atoms with Crippen LogP contribution >= 0.6 is 0 Å². The molecule has 29 heavy (non-hydrogen) atoms. The van der Waals surface area contributed by atoms with E-state index in [-0.39, 0.29) is 5.57 Å². The standard InChI is InChI=1S/C23H25NO5/c1-15-8-4-5-9-17(15)23(14-29-20-11-7-6-10-18(20)23)13-19(24(2)3)16(22(27)28)12-21(25)26/h4-12,19H,13-14H2,1-3H3,(H,25,26)(H,27,28)/b16-12+. The minimum Gasteiger partial charge on any atom is -0.492 e. The Morgan fingerprint density at radius 2 is 1.72 bits per heavy atom. The lowest BCUT2D eigenvalue weighted by molar-refractivity contribution is -0.135. The second kappa shape index (κ2) is 8.09. The maximum atomic E-state index is 11.9. The Balaban J connectivity index is 2.19. The first-order valence-corrected chi connectivity index (χ1v) is 9.39. The summed E-state index contributed by atoms with van der Waals surface area (Å²) in [6.45, 7) is 2.38. The van der Waals surface area contributed by atoms with Gasteiger partial charge in [0.1, 0.15) is 12.4 Å². The number of carboxylic acid groups (broad SMARTS) is 2. The van der Waals surface area contributed by atoms with Crippen LogP contribution < -0.4 is 4.74 Å². The van der Waals surface area contributed by atoms with Crippen molar-refractivity contribution in [3.8, 4) is 5.75 Å². The normalized spacial score (nSPS) is 19.5. The van der Waals surface area contributed by atoms with Crippen molar-refractivity contribution in [2.24, 2.45) is 0 Å². The zero-order valence-corrected chi connectivity index (χ0v) is 16.8. The number of benzene rings is 2. The highest BCUT2D eigenvalue weighted by Crippen LogP contribution is 2.48. The van der Waals surface area contributed by atoms with Crippen molar-refractivity contribution in [3.05, 3.63) is 76.9 Å². The zero-order valence-electron chi connectivity index (χ0n) is 16.8. The summed E-state index contributed by atoms with van der Waals surface area (Å²) in [4.78, 5) is 25.0. The molecule has 0 bridgehead atoms. The number of rotatable bonds is 7. The summed E-state index contributed by atoms with van der Waals surface area (Å²) in [5, 5.41) is 19.0. The van der Waals surface area contributed by atoms with Crippen LogP contribution in [-0.2, 0) is 15.0 Å². The quantitative estimate of drug-likeness (QED) is 0.701. The molecule has 2 aromatic carbocycles. The molecule has 2 aromatic rings. The van der Waals surface area contributed by atoms with E-state index in [1.54, 1.807) is 19.0 Å². The molecule has 0 aromatic heterocycles. The first-order chi connectivity index (χ1) is 13.8. The SMILES string of the molecule is Cc1ccccc1C1(CC(/C(=C\C(=O)O)C(=O)O)N(C)C)COc2ccccc21. The molecule has 0 amide bonds. The number of nitrogens with zero attached hydrogens (tertiary/aromatic N) is 1. The van der Waals surface area contributed by atoms with Crippen molar-refractivity contribution in [2.75, 3.05) is 20.7 Å². The number of ether oxygens (including phenoxy) is 1. The summed E-state index contributed by atoms with van der Waals surface area (Å²) in [5.41, 5.74) is 2.37. The van der Waals surface area contributed by atoms with E-state index in [0.717, 1.165) is 28.5 Å². The fraction of sp³-hybridized carbons (Fsp3) is 0.304. The van der Waals surface area contributed by atoms with Crippen molar-refractivity contribution in [2.45, 2.75) is 24.8 Å². The number of aliphatic carboxylic acids is 2. The molecule has 2 unspecified atom stereocenters. The third kappa shape index (κ3) is 3.89. The van der Waals surface area contributed by atoms with E-state index >= 15 is 0 Å². The topological polar surface area (TPSA) is 87.1 Å². The second-order valence-electron chi connectivity index (χ2n) is 7.61. The Labute approximate surface area is 170 Å². The first kappa shape index (κ1) is 20.6. The molecule has 1 aliphatic rings. The van der Waals surface area contributed by atoms with Crippen molar-refractivity contribution >= 4 is 11.9 Å². The highest BCUT2D eigenvalue weighted by atomic mass is 16.5. The van der Waals surface area contributed by atoms with Gasteiger partial charge in [0.25, 0.3) is 0 Å². The molecule has 1 aliphatic heterocycles. The van der Waals surface area contributed by atoms with E-state index in [9.17, 15) is 19.8 Å². The van der Waals surface area contributed by atoms with E-state index < -0.39 is 23.4 Å². The van der Waals surface area contributed by atoms with Gasteiger partial charge in [0.15, 0.2) is 0 Å². The molecule has 0 fully saturated rings. The molecule has 2 N–H and O–H groups in total. The van der Waals surface area contributed by atoms with E-state index in [1.807, 2.05) is 55.5 Å². The summed E-state index contributed by atoms with van der Waals surface area (Å²) in [7, 11) is 3.52. The second-order valence-corrected chi connectivity index (χ2v) is 7.61. The van der Waals surface area contributed by atoms with Crippen LogP contribution in [0.4, 0.5) is 0 Å². The van der Waals surface area contributed by atoms with Gasteiger partial charge in [-0.15, -0.1) is 0 Å². The number of para-hydroxylation sites is 1. The fourth-order valence-electron chi connectivity index (χ4n) is 4.21. The molecule has 2 atom stereocenters. The lowest BCUT2D eigenvalue weighted by Crippen LogP contribution is -2.42. The van der Waals surface area contributed by atoms with Crippen LogP contribution in [-0.4, -0.2) is 53.8 Å². The molecule has 0 aliphatic carbocycles. The van der Waals surface area contributed by atoms with Crippen molar-refractivity contribution in [3.63, 3.8) is 0 Å². The first-order valence-electron chi connectivity index (χ1n) is 9.39. The van der Waals surface area contributed by atoms with Crippen molar-refractivity contribution < 1.29 is 24.5 Å². The summed E-state index contributed by atoms with van der Waals surface area (Å²) in [6.07, 6.45) is 1.16. The van der Waals surface area contributed by atoms with Gasteiger partial charge < -0.3 is 19.8 Å². The largest absolute Gasteiger partial charge is 0.492 e. The molecule has 6 nitrogen and oxygen atoms in total. The van der Waals surface area contributed by atoms with Gasteiger partial charge in [-0.1, -0.05) is 42.5 Å². The number of aryl methyl sites for hydroxylation is 1. The Kier molecular flexibility index (Phi) is 5.75. The van der Waals surface area contributed by atoms with Gasteiger partial charge in [0, 0.05) is 17.7 Å². The van der Waals surface area contributed by atoms with Gasteiger partial charge >= 0.3 is 11.9 Å². The van der Waals surface area contributed by atoms with E-state index in [4.69, 9.17) is 4.74 Å². The molecule has 152 valence electrons. The summed E-state index contributed by atoms with van der Waals surface area (Å²) < 4.78 is 6.02. The molecule has 3 rings (SSSR count). The van der Waals surface area contributed by atoms with Crippen LogP contribution in [0, 0.1) is 6.92 Å². The number of likely N-dealkylation sites (N-methyl/N-ethyl adjacent to an activating group) is 1. The maximum absolute atomic E-state index is 11.9. The molecule has 0 radical (unpaired) electrons. The summed E-state index contributed by atoms with van der Waals surface area (Å²) in [5.74, 6) is -1.74. The van der Waals surface area contributed by atoms with Crippen LogP contribution in [0.1, 0.15) is 23.1 Å². The van der Waals surface area contributed by atoms with Gasteiger partial charge in [-0.3, -0.25) is 0 Å². The third-order valence-electron chi connectivity index (χ3n) is 5.59. The minimum absolute atomic E-state index is 0.153. The summed E-state index contributed by atoms with van der Waals surface area (Å²) in [6, 6.07) is 15.1. The predicted molar refractivity (Wildman–Crippen MR) is 109 cm³/mol. The van der Waals surface area contributed by atoms with Crippen LogP contribution in [0.25, 0.3) is 0 Å². The lowest BCUT2D eigenvalue weighted by Gasteiger charge is -2.36. The van der Waals surface area contributed by atoms with Gasteiger partial charge in [-0.25, -0.2) is 9.59 Å². The minimum atomic E-state index is -1.28. The predicted octanol–water partition coefficient (Wildman–Crippen LogP) is 3.09. The van der Waals surface area contributed by atoms with Crippen LogP contribution in [0.2, 0.25) is 0 Å². The average molecular weight is 395 g/mol. The Morgan fingerprint density at radius 1 is 1.10 bits per heavy atom. The number of fused-ring (bicyclic) bond motifs is 1. The number of carbonyl (C=O) groups is 2. The zero-order chi connectivity index (χ0) is 21.2. The lowest BCUT2D eigenvalue weighted by atomic mass is 9.69. The molecule has 0 saturated carbocycles.